The molecule has 1 atom stereocenters. The van der Waals surface area contributed by atoms with Gasteiger partial charge >= 0.3 is 0 Å². The molecule has 1 unspecified atom stereocenters. The Morgan fingerprint density at radius 3 is 2.80 bits per heavy atom. The Bertz CT molecular complexity index is 151. The molecule has 1 aliphatic heterocycles. The highest BCUT2D eigenvalue weighted by atomic mass is 16.1. The molecular weight excluding hydrogens is 126 g/mol. The van der Waals surface area contributed by atoms with E-state index in [1.165, 1.54) is 19.5 Å². The van der Waals surface area contributed by atoms with Gasteiger partial charge in [0.15, 0.2) is 0 Å². The third-order valence-electron chi connectivity index (χ3n) is 2.45. The summed E-state index contributed by atoms with van der Waals surface area (Å²) in [6, 6.07) is 0.626. The van der Waals surface area contributed by atoms with E-state index in [9.17, 15) is 4.79 Å². The van der Waals surface area contributed by atoms with Crippen molar-refractivity contribution in [1.29, 1.82) is 0 Å². The van der Waals surface area contributed by atoms with Crippen LogP contribution in [-0.2, 0) is 4.79 Å². The van der Waals surface area contributed by atoms with Crippen molar-refractivity contribution in [1.82, 2.24) is 4.90 Å². The quantitative estimate of drug-likeness (QED) is 0.501. The smallest absolute Gasteiger partial charge is 0.134 e. The molecule has 1 saturated heterocycles. The lowest BCUT2D eigenvalue weighted by molar-refractivity contribution is -0.121. The molecular formula is C8H13NO. The lowest BCUT2D eigenvalue weighted by Crippen LogP contribution is -2.26. The number of Topliss-reactive ketones (excluding diaryl/α,β-unsaturated/α-hetero) is 1. The predicted molar refractivity (Wildman–Crippen MR) is 38.8 cm³/mol. The lowest BCUT2D eigenvalue weighted by atomic mass is 9.94. The molecule has 56 valence electrons. The summed E-state index contributed by atoms with van der Waals surface area (Å²) in [5, 5.41) is 0. The average molecular weight is 139 g/mol. The summed E-state index contributed by atoms with van der Waals surface area (Å²) in [5.74, 6) is 0.475. The van der Waals surface area contributed by atoms with Crippen molar-refractivity contribution in [2.75, 3.05) is 13.1 Å². The molecule has 0 bridgehead atoms. The highest BCUT2D eigenvalue weighted by molar-refractivity contribution is 5.79. The van der Waals surface area contributed by atoms with Crippen molar-refractivity contribution in [2.24, 2.45) is 0 Å². The minimum atomic E-state index is 0.475. The molecule has 2 rings (SSSR count). The maximum absolute atomic E-state index is 11.0. The third-order valence-corrected chi connectivity index (χ3v) is 2.45. The molecule has 1 aliphatic carbocycles. The first kappa shape index (κ1) is 6.35. The van der Waals surface area contributed by atoms with Crippen LogP contribution in [0.5, 0.6) is 0 Å². The van der Waals surface area contributed by atoms with Gasteiger partial charge in [-0.3, -0.25) is 9.69 Å². The molecule has 2 heteroatoms. The van der Waals surface area contributed by atoms with Gasteiger partial charge < -0.3 is 0 Å². The van der Waals surface area contributed by atoms with Gasteiger partial charge in [-0.05, 0) is 12.8 Å². The summed E-state index contributed by atoms with van der Waals surface area (Å²) in [7, 11) is 0. The van der Waals surface area contributed by atoms with Crippen LogP contribution >= 0.6 is 0 Å². The topological polar surface area (TPSA) is 20.1 Å². The molecule has 0 radical (unpaired) electrons. The second-order valence-electron chi connectivity index (χ2n) is 3.32. The normalized spacial score (nSPS) is 34.4. The van der Waals surface area contributed by atoms with E-state index in [-0.39, 0.29) is 0 Å². The van der Waals surface area contributed by atoms with Crippen molar-refractivity contribution < 1.29 is 4.79 Å². The molecule has 0 N–H and O–H groups in total. The first-order valence-electron chi connectivity index (χ1n) is 4.12. The number of rotatable bonds is 1. The lowest BCUT2D eigenvalue weighted by Gasteiger charge is -2.21. The van der Waals surface area contributed by atoms with Gasteiger partial charge in [-0.1, -0.05) is 0 Å². The Kier molecular flexibility index (Phi) is 1.49. The Balaban J connectivity index is 1.89. The first-order chi connectivity index (χ1) is 4.86. The average Bonchev–Trinajstić information content (AvgIpc) is 2.68. The molecule has 0 aromatic carbocycles. The monoisotopic (exact) mass is 139 g/mol. The summed E-state index contributed by atoms with van der Waals surface area (Å²) in [4.78, 5) is 13.4. The van der Waals surface area contributed by atoms with E-state index in [2.05, 4.69) is 4.90 Å². The van der Waals surface area contributed by atoms with Gasteiger partial charge in [0.2, 0.25) is 0 Å². The summed E-state index contributed by atoms with van der Waals surface area (Å²) in [6.45, 7) is 2.47. The minimum Gasteiger partial charge on any atom is -0.300 e. The Labute approximate surface area is 61.2 Å². The van der Waals surface area contributed by atoms with Crippen LogP contribution in [0.25, 0.3) is 0 Å². The van der Waals surface area contributed by atoms with Crippen molar-refractivity contribution in [3.05, 3.63) is 0 Å². The minimum absolute atomic E-state index is 0.475. The number of carbonyl (C=O) groups excluding carboxylic acids is 1. The molecule has 0 aromatic rings. The van der Waals surface area contributed by atoms with Gasteiger partial charge in [0.25, 0.3) is 0 Å². The molecule has 0 spiro atoms. The predicted octanol–water partition coefficient (Wildman–Crippen LogP) is 0.814. The van der Waals surface area contributed by atoms with E-state index in [1.807, 2.05) is 0 Å². The summed E-state index contributed by atoms with van der Waals surface area (Å²) >= 11 is 0. The molecule has 0 aromatic heterocycles. The van der Waals surface area contributed by atoms with Crippen LogP contribution in [0.4, 0.5) is 0 Å². The zero-order chi connectivity index (χ0) is 6.97. The first-order valence-corrected chi connectivity index (χ1v) is 4.12. The third kappa shape index (κ3) is 1.21. The van der Waals surface area contributed by atoms with Crippen LogP contribution < -0.4 is 0 Å². The van der Waals surface area contributed by atoms with Gasteiger partial charge in [-0.15, -0.1) is 0 Å². The van der Waals surface area contributed by atoms with Gasteiger partial charge in [0.05, 0.1) is 0 Å². The fourth-order valence-corrected chi connectivity index (χ4v) is 1.74. The molecule has 1 saturated carbocycles. The Morgan fingerprint density at radius 2 is 2.20 bits per heavy atom. The van der Waals surface area contributed by atoms with Crippen molar-refractivity contribution >= 4 is 5.78 Å². The summed E-state index contributed by atoms with van der Waals surface area (Å²) < 4.78 is 0. The number of nitrogens with zero attached hydrogens (tertiary/aromatic N) is 1. The number of hydrogen-bond acceptors (Lipinski definition) is 2. The standard InChI is InChI=1S/C8H13NO/c10-8-3-1-2-7(6-8)9-4-5-9/h7H,1-6H2. The Hall–Kier alpha value is -0.370. The largest absolute Gasteiger partial charge is 0.300 e. The molecule has 0 amide bonds. The van der Waals surface area contributed by atoms with Gasteiger partial charge in [-0.25, -0.2) is 0 Å². The van der Waals surface area contributed by atoms with Gasteiger partial charge in [0.1, 0.15) is 5.78 Å². The van der Waals surface area contributed by atoms with Crippen LogP contribution in [0.2, 0.25) is 0 Å². The maximum atomic E-state index is 11.0. The second-order valence-corrected chi connectivity index (χ2v) is 3.32. The number of hydrogen-bond donors (Lipinski definition) is 0. The van der Waals surface area contributed by atoms with E-state index in [0.717, 1.165) is 19.3 Å². The highest BCUT2D eigenvalue weighted by Crippen LogP contribution is 2.24. The molecule has 2 nitrogen and oxygen atoms in total. The van der Waals surface area contributed by atoms with Gasteiger partial charge in [0, 0.05) is 32.0 Å². The fourth-order valence-electron chi connectivity index (χ4n) is 1.74. The van der Waals surface area contributed by atoms with Gasteiger partial charge in [-0.2, -0.15) is 0 Å². The second kappa shape index (κ2) is 2.35. The molecule has 1 heterocycles. The van der Waals surface area contributed by atoms with Crippen LogP contribution in [0.1, 0.15) is 25.7 Å². The van der Waals surface area contributed by atoms with E-state index in [4.69, 9.17) is 0 Å². The fraction of sp³-hybridized carbons (Fsp3) is 0.875. The maximum Gasteiger partial charge on any atom is 0.134 e. The molecule has 2 fully saturated rings. The van der Waals surface area contributed by atoms with Crippen molar-refractivity contribution in [2.45, 2.75) is 31.7 Å². The molecule has 10 heavy (non-hydrogen) atoms. The van der Waals surface area contributed by atoms with E-state index in [0.29, 0.717) is 11.8 Å². The van der Waals surface area contributed by atoms with Crippen LogP contribution in [0, 0.1) is 0 Å². The summed E-state index contributed by atoms with van der Waals surface area (Å²) in [5.41, 5.74) is 0. The highest BCUT2D eigenvalue weighted by Gasteiger charge is 2.30. The molecule has 2 aliphatic rings. The Morgan fingerprint density at radius 1 is 1.40 bits per heavy atom. The van der Waals surface area contributed by atoms with E-state index >= 15 is 0 Å². The van der Waals surface area contributed by atoms with Crippen LogP contribution in [0.3, 0.4) is 0 Å². The zero-order valence-electron chi connectivity index (χ0n) is 6.18. The SMILES string of the molecule is O=C1CCCC(N2CC2)C1. The zero-order valence-corrected chi connectivity index (χ0v) is 6.18. The van der Waals surface area contributed by atoms with Crippen molar-refractivity contribution in [3.63, 3.8) is 0 Å². The number of carbonyl (C=O) groups is 1. The van der Waals surface area contributed by atoms with Crippen molar-refractivity contribution in [3.8, 4) is 0 Å². The van der Waals surface area contributed by atoms with Crippen LogP contribution in [0.15, 0.2) is 0 Å². The summed E-state index contributed by atoms with van der Waals surface area (Å²) in [6.07, 6.45) is 4.05. The number of ketones is 1. The van der Waals surface area contributed by atoms with E-state index < -0.39 is 0 Å². The van der Waals surface area contributed by atoms with E-state index in [1.54, 1.807) is 0 Å². The van der Waals surface area contributed by atoms with Crippen LogP contribution in [-0.4, -0.2) is 29.8 Å².